The van der Waals surface area contributed by atoms with Gasteiger partial charge in [-0.2, -0.15) is 0 Å². The first kappa shape index (κ1) is 27.8. The van der Waals surface area contributed by atoms with Crippen molar-refractivity contribution in [1.82, 2.24) is 10.0 Å². The normalized spacial score (nSPS) is 11.9. The van der Waals surface area contributed by atoms with Crippen LogP contribution in [-0.2, 0) is 14.8 Å². The number of carbonyl (C=O) groups is 1. The highest BCUT2D eigenvalue weighted by molar-refractivity contribution is 7.89. The van der Waals surface area contributed by atoms with Crippen LogP contribution in [0.5, 0.6) is 5.75 Å². The molecule has 0 aromatic heterocycles. The minimum atomic E-state index is -3.57. The second-order valence-corrected chi connectivity index (χ2v) is 11.4. The molecule has 2 rings (SSSR count). The Labute approximate surface area is 208 Å². The molecule has 0 aliphatic rings. The minimum absolute atomic E-state index is 0.153. The summed E-state index contributed by atoms with van der Waals surface area (Å²) in [5, 5.41) is 5.80. The van der Waals surface area contributed by atoms with E-state index in [9.17, 15) is 13.2 Å². The van der Waals surface area contributed by atoms with Crippen LogP contribution in [0.25, 0.3) is 0 Å². The number of aryl methyl sites for hydroxylation is 2. The van der Waals surface area contributed by atoms with Crippen LogP contribution in [0, 0.1) is 19.3 Å². The lowest BCUT2D eigenvalue weighted by Gasteiger charge is -2.24. The van der Waals surface area contributed by atoms with Gasteiger partial charge in [0.2, 0.25) is 15.9 Å². The molecule has 0 saturated heterocycles. The van der Waals surface area contributed by atoms with Crippen molar-refractivity contribution in [3.63, 3.8) is 0 Å². The van der Waals surface area contributed by atoms with Crippen LogP contribution in [0.3, 0.4) is 0 Å². The number of benzene rings is 2. The molecule has 3 N–H and O–H groups in total. The molecule has 0 atom stereocenters. The lowest BCUT2D eigenvalue weighted by atomic mass is 9.87. The van der Waals surface area contributed by atoms with Crippen LogP contribution >= 0.6 is 12.2 Å². The largest absolute Gasteiger partial charge is 0.493 e. The summed E-state index contributed by atoms with van der Waals surface area (Å²) < 4.78 is 32.9. The Morgan fingerprint density at radius 1 is 1.09 bits per heavy atom. The van der Waals surface area contributed by atoms with Crippen molar-refractivity contribution in [2.45, 2.75) is 65.3 Å². The molecule has 7 nitrogen and oxygen atoms in total. The summed E-state index contributed by atoms with van der Waals surface area (Å²) in [5.41, 5.74) is 2.16. The quantitative estimate of drug-likeness (QED) is 0.320. The van der Waals surface area contributed by atoms with E-state index >= 15 is 0 Å². The Balaban J connectivity index is 1.84. The van der Waals surface area contributed by atoms with Gasteiger partial charge in [0.15, 0.2) is 5.11 Å². The molecule has 0 radical (unpaired) electrons. The van der Waals surface area contributed by atoms with Gasteiger partial charge in [0.1, 0.15) is 5.75 Å². The van der Waals surface area contributed by atoms with Crippen molar-refractivity contribution in [3.05, 3.63) is 53.6 Å². The molecule has 0 heterocycles. The Morgan fingerprint density at radius 3 is 2.35 bits per heavy atom. The van der Waals surface area contributed by atoms with Crippen LogP contribution in [0.2, 0.25) is 0 Å². The molecule has 9 heteroatoms. The maximum Gasteiger partial charge on any atom is 0.240 e. The molecule has 0 aliphatic carbocycles. The fourth-order valence-electron chi connectivity index (χ4n) is 3.20. The van der Waals surface area contributed by atoms with Crippen molar-refractivity contribution in [3.8, 4) is 5.75 Å². The van der Waals surface area contributed by atoms with Crippen molar-refractivity contribution in [1.29, 1.82) is 0 Å². The third kappa shape index (κ3) is 8.38. The van der Waals surface area contributed by atoms with Gasteiger partial charge in [-0.1, -0.05) is 26.0 Å². The van der Waals surface area contributed by atoms with Crippen LogP contribution in [0.4, 0.5) is 5.69 Å². The number of sulfonamides is 1. The first-order chi connectivity index (χ1) is 15.8. The first-order valence-electron chi connectivity index (χ1n) is 11.2. The fraction of sp³-hybridized carbons (Fsp3) is 0.440. The number of amides is 1. The van der Waals surface area contributed by atoms with E-state index in [0.29, 0.717) is 25.1 Å². The van der Waals surface area contributed by atoms with Crippen LogP contribution in [0.1, 0.15) is 51.7 Å². The lowest BCUT2D eigenvalue weighted by molar-refractivity contribution is -0.128. The monoisotopic (exact) mass is 505 g/mol. The predicted octanol–water partition coefficient (Wildman–Crippen LogP) is 4.69. The second-order valence-electron chi connectivity index (χ2n) is 9.31. The Hall–Kier alpha value is -2.49. The number of thiocarbonyl (C=S) groups is 1. The fourth-order valence-corrected chi connectivity index (χ4v) is 4.66. The Morgan fingerprint density at radius 2 is 1.74 bits per heavy atom. The summed E-state index contributed by atoms with van der Waals surface area (Å²) in [6, 6.07) is 12.1. The summed E-state index contributed by atoms with van der Waals surface area (Å²) >= 11 is 5.27. The van der Waals surface area contributed by atoms with Gasteiger partial charge >= 0.3 is 0 Å². The average molecular weight is 506 g/mol. The van der Waals surface area contributed by atoms with Crippen LogP contribution in [0.15, 0.2) is 47.4 Å². The van der Waals surface area contributed by atoms with E-state index in [0.717, 1.165) is 16.9 Å². The van der Waals surface area contributed by atoms with E-state index in [1.165, 1.54) is 12.1 Å². The van der Waals surface area contributed by atoms with Crippen molar-refractivity contribution < 1.29 is 17.9 Å². The van der Waals surface area contributed by atoms with E-state index in [-0.39, 0.29) is 22.0 Å². The van der Waals surface area contributed by atoms with E-state index in [1.807, 2.05) is 45.9 Å². The standard InChI is InChI=1S/C25H35N3O4S2/c1-17(2)28-34(30,31)21-12-10-20(11-13-21)26-24(33)27-23(29)25(5,6)14-7-15-32-22-16-18(3)8-9-19(22)4/h8-13,16-17,28H,7,14-15H2,1-6H3,(H2,26,27,29,33). The summed E-state index contributed by atoms with van der Waals surface area (Å²) in [7, 11) is -3.57. The number of hydrogen-bond acceptors (Lipinski definition) is 5. The van der Waals surface area contributed by atoms with Crippen LogP contribution < -0.4 is 20.1 Å². The van der Waals surface area contributed by atoms with Gasteiger partial charge in [-0.25, -0.2) is 13.1 Å². The number of carbonyl (C=O) groups excluding carboxylic acids is 1. The molecule has 0 saturated carbocycles. The highest BCUT2D eigenvalue weighted by Crippen LogP contribution is 2.24. The van der Waals surface area contributed by atoms with E-state index in [2.05, 4.69) is 15.4 Å². The smallest absolute Gasteiger partial charge is 0.240 e. The van der Waals surface area contributed by atoms with Gasteiger partial charge in [0, 0.05) is 17.1 Å². The predicted molar refractivity (Wildman–Crippen MR) is 141 cm³/mol. The summed E-state index contributed by atoms with van der Waals surface area (Å²) in [5.74, 6) is 0.670. The molecule has 186 valence electrons. The Bertz CT molecular complexity index is 1110. The van der Waals surface area contributed by atoms with Gasteiger partial charge in [0.05, 0.1) is 11.5 Å². The average Bonchev–Trinajstić information content (AvgIpc) is 2.73. The lowest BCUT2D eigenvalue weighted by Crippen LogP contribution is -2.42. The molecule has 0 spiro atoms. The molecule has 0 fully saturated rings. The number of hydrogen-bond donors (Lipinski definition) is 3. The molecule has 2 aromatic rings. The zero-order valence-corrected chi connectivity index (χ0v) is 22.3. The number of nitrogens with one attached hydrogen (secondary N) is 3. The van der Waals surface area contributed by atoms with Gasteiger partial charge < -0.3 is 15.4 Å². The zero-order chi connectivity index (χ0) is 25.5. The molecule has 0 unspecified atom stereocenters. The number of anilines is 1. The highest BCUT2D eigenvalue weighted by atomic mass is 32.2. The molecule has 1 amide bonds. The minimum Gasteiger partial charge on any atom is -0.493 e. The number of ether oxygens (including phenoxy) is 1. The molecular weight excluding hydrogens is 470 g/mol. The third-order valence-electron chi connectivity index (χ3n) is 5.20. The topological polar surface area (TPSA) is 96.5 Å². The molecule has 34 heavy (non-hydrogen) atoms. The summed E-state index contributed by atoms with van der Waals surface area (Å²) in [6.45, 7) is 11.8. The number of rotatable bonds is 10. The van der Waals surface area contributed by atoms with E-state index in [1.54, 1.807) is 26.0 Å². The highest BCUT2D eigenvalue weighted by Gasteiger charge is 2.28. The van der Waals surface area contributed by atoms with Crippen molar-refractivity contribution in [2.75, 3.05) is 11.9 Å². The molecular formula is C25H35N3O4S2. The molecule has 0 bridgehead atoms. The molecule has 2 aromatic carbocycles. The maximum atomic E-state index is 12.7. The van der Waals surface area contributed by atoms with E-state index < -0.39 is 15.4 Å². The Kier molecular flexibility index (Phi) is 9.61. The van der Waals surface area contributed by atoms with Crippen LogP contribution in [-0.4, -0.2) is 32.1 Å². The zero-order valence-electron chi connectivity index (χ0n) is 20.7. The van der Waals surface area contributed by atoms with Gasteiger partial charge in [0.25, 0.3) is 0 Å². The van der Waals surface area contributed by atoms with Crippen molar-refractivity contribution in [2.24, 2.45) is 5.41 Å². The maximum absolute atomic E-state index is 12.7. The second kappa shape index (κ2) is 11.8. The van der Waals surface area contributed by atoms with Crippen molar-refractivity contribution >= 4 is 38.9 Å². The SMILES string of the molecule is Cc1ccc(C)c(OCCCC(C)(C)C(=O)NC(=S)Nc2ccc(S(=O)(=O)NC(C)C)cc2)c1. The summed E-state index contributed by atoms with van der Waals surface area (Å²) in [4.78, 5) is 12.9. The van der Waals surface area contributed by atoms with E-state index in [4.69, 9.17) is 17.0 Å². The summed E-state index contributed by atoms with van der Waals surface area (Å²) in [6.07, 6.45) is 1.34. The third-order valence-corrected chi connectivity index (χ3v) is 7.08. The van der Waals surface area contributed by atoms with Gasteiger partial charge in [-0.3, -0.25) is 4.79 Å². The van der Waals surface area contributed by atoms with Gasteiger partial charge in [-0.05, 0) is 94.2 Å². The van der Waals surface area contributed by atoms with Gasteiger partial charge in [-0.15, -0.1) is 0 Å². The first-order valence-corrected chi connectivity index (χ1v) is 13.1. The molecule has 0 aliphatic heterocycles.